The van der Waals surface area contributed by atoms with E-state index in [0.29, 0.717) is 15.4 Å². The van der Waals surface area contributed by atoms with E-state index in [1.165, 1.54) is 31.6 Å². The lowest BCUT2D eigenvalue weighted by molar-refractivity contribution is -0.118. The number of methoxy groups -OCH3 is 1. The molecule has 2 aromatic carbocycles. The van der Waals surface area contributed by atoms with Crippen molar-refractivity contribution in [3.63, 3.8) is 0 Å². The molecule has 3 rings (SSSR count). The highest BCUT2D eigenvalue weighted by Crippen LogP contribution is 2.26. The summed E-state index contributed by atoms with van der Waals surface area (Å²) in [6.07, 6.45) is 1.49. The number of rotatable bonds is 5. The molecule has 0 aliphatic heterocycles. The molecule has 7 heteroatoms. The van der Waals surface area contributed by atoms with Gasteiger partial charge in [0, 0.05) is 6.20 Å². The minimum absolute atomic E-state index is 0.00978. The first-order valence-electron chi connectivity index (χ1n) is 7.78. The van der Waals surface area contributed by atoms with Crippen molar-refractivity contribution in [2.45, 2.75) is 6.92 Å². The molecule has 1 N–H and O–H groups in total. The fourth-order valence-corrected chi connectivity index (χ4v) is 3.76. The molecular weight excluding hydrogens is 368 g/mol. The number of ether oxygens (including phenoxy) is 1. The number of para-hydroxylation sites is 3. The van der Waals surface area contributed by atoms with Gasteiger partial charge in [-0.15, -0.1) is 11.3 Å². The fraction of sp³-hybridized carbons (Fsp3) is 0.105. The number of nitrogens with one attached hydrogen (secondary N) is 1. The molecule has 0 bridgehead atoms. The third-order valence-corrected chi connectivity index (χ3v) is 5.14. The predicted octanol–water partition coefficient (Wildman–Crippen LogP) is 4.51. The van der Waals surface area contributed by atoms with Gasteiger partial charge in [0.05, 0.1) is 28.6 Å². The maximum atomic E-state index is 12.7. The van der Waals surface area contributed by atoms with Gasteiger partial charge < -0.3 is 10.1 Å². The molecule has 0 spiro atoms. The molecule has 132 valence electrons. The first-order valence-corrected chi connectivity index (χ1v) is 9.01. The molecule has 0 radical (unpaired) electrons. The lowest BCUT2D eigenvalue weighted by Crippen LogP contribution is -2.20. The first kappa shape index (κ1) is 18.0. The van der Waals surface area contributed by atoms with Crippen molar-refractivity contribution in [2.24, 2.45) is 0 Å². The zero-order valence-corrected chi connectivity index (χ0v) is 15.8. The van der Waals surface area contributed by atoms with Crippen molar-refractivity contribution >= 4 is 57.3 Å². The number of thiazole rings is 1. The summed E-state index contributed by atoms with van der Waals surface area (Å²) in [4.78, 5) is 24.8. The number of aromatic nitrogens is 1. The zero-order valence-electron chi connectivity index (χ0n) is 14.2. The van der Waals surface area contributed by atoms with Crippen LogP contribution in [0.15, 0.2) is 54.1 Å². The van der Waals surface area contributed by atoms with Gasteiger partial charge in [-0.2, -0.15) is 0 Å². The number of amides is 1. The van der Waals surface area contributed by atoms with Crippen molar-refractivity contribution < 1.29 is 14.3 Å². The smallest absolute Gasteiger partial charge is 0.260 e. The molecule has 0 aliphatic carbocycles. The molecule has 0 aliphatic rings. The summed E-state index contributed by atoms with van der Waals surface area (Å²) in [5, 5.41) is 2.73. The highest BCUT2D eigenvalue weighted by atomic mass is 32.1. The van der Waals surface area contributed by atoms with Crippen LogP contribution in [-0.4, -0.2) is 23.4 Å². The topological polar surface area (TPSA) is 60.3 Å². The Labute approximate surface area is 159 Å². The third kappa shape index (κ3) is 3.58. The Morgan fingerprint density at radius 1 is 1.15 bits per heavy atom. The summed E-state index contributed by atoms with van der Waals surface area (Å²) in [5.74, 6) is -0.352. The van der Waals surface area contributed by atoms with Gasteiger partial charge >= 0.3 is 0 Å². The van der Waals surface area contributed by atoms with Gasteiger partial charge in [-0.05, 0) is 43.4 Å². The maximum Gasteiger partial charge on any atom is 0.260 e. The number of hydrogen-bond donors (Lipinski definition) is 1. The minimum Gasteiger partial charge on any atom is -0.495 e. The van der Waals surface area contributed by atoms with Crippen molar-refractivity contribution in [1.29, 1.82) is 0 Å². The van der Waals surface area contributed by atoms with Crippen LogP contribution in [0.25, 0.3) is 16.4 Å². The SMILES string of the molecule is COc1ccccc1NC(=O)C(=Cn1c(=S)sc2ccccc21)C(C)=O. The first-order chi connectivity index (χ1) is 12.5. The summed E-state index contributed by atoms with van der Waals surface area (Å²) in [6.45, 7) is 1.35. The second-order valence-electron chi connectivity index (χ2n) is 5.46. The Hall–Kier alpha value is -2.77. The summed E-state index contributed by atoms with van der Waals surface area (Å²) >= 11 is 6.81. The molecule has 0 unspecified atom stereocenters. The van der Waals surface area contributed by atoms with E-state index in [-0.39, 0.29) is 11.4 Å². The third-order valence-electron chi connectivity index (χ3n) is 3.76. The van der Waals surface area contributed by atoms with Crippen LogP contribution >= 0.6 is 23.6 Å². The van der Waals surface area contributed by atoms with E-state index in [9.17, 15) is 9.59 Å². The van der Waals surface area contributed by atoms with Gasteiger partial charge in [0.15, 0.2) is 9.74 Å². The van der Waals surface area contributed by atoms with E-state index in [2.05, 4.69) is 5.32 Å². The Morgan fingerprint density at radius 2 is 1.85 bits per heavy atom. The normalized spacial score (nSPS) is 11.4. The molecule has 0 fully saturated rings. The van der Waals surface area contributed by atoms with Crippen LogP contribution in [0.2, 0.25) is 0 Å². The summed E-state index contributed by atoms with van der Waals surface area (Å²) in [6, 6.07) is 14.7. The Morgan fingerprint density at radius 3 is 2.58 bits per heavy atom. The van der Waals surface area contributed by atoms with Crippen molar-refractivity contribution in [2.75, 3.05) is 12.4 Å². The molecular formula is C19H16N2O3S2. The minimum atomic E-state index is -0.515. The van der Waals surface area contributed by atoms with Gasteiger partial charge in [-0.1, -0.05) is 24.3 Å². The van der Waals surface area contributed by atoms with Crippen LogP contribution in [0.1, 0.15) is 6.92 Å². The standard InChI is InChI=1S/C19H16N2O3S2/c1-12(22)13(18(23)20-14-7-3-5-9-16(14)24-2)11-21-15-8-4-6-10-17(15)26-19(21)25/h3-11H,1-2H3,(H,20,23). The average molecular weight is 384 g/mol. The predicted molar refractivity (Wildman–Crippen MR) is 107 cm³/mol. The number of nitrogens with zero attached hydrogens (tertiary/aromatic N) is 1. The largest absolute Gasteiger partial charge is 0.495 e. The average Bonchev–Trinajstić information content (AvgIpc) is 2.94. The lowest BCUT2D eigenvalue weighted by Gasteiger charge is -2.11. The van der Waals surface area contributed by atoms with Crippen LogP contribution in [-0.2, 0) is 9.59 Å². The number of carbonyl (C=O) groups is 2. The fourth-order valence-electron chi connectivity index (χ4n) is 2.48. The van der Waals surface area contributed by atoms with E-state index in [1.54, 1.807) is 28.8 Å². The number of hydrogen-bond acceptors (Lipinski definition) is 5. The van der Waals surface area contributed by atoms with Crippen LogP contribution in [0, 0.1) is 3.95 Å². The highest BCUT2D eigenvalue weighted by molar-refractivity contribution is 7.73. The number of Topliss-reactive ketones (excluding diaryl/α,β-unsaturated/α-hetero) is 1. The number of ketones is 1. The monoisotopic (exact) mass is 384 g/mol. The Bertz CT molecular complexity index is 1080. The number of benzene rings is 2. The van der Waals surface area contributed by atoms with E-state index in [4.69, 9.17) is 17.0 Å². The van der Waals surface area contributed by atoms with Crippen LogP contribution in [0.4, 0.5) is 5.69 Å². The van der Waals surface area contributed by atoms with Gasteiger partial charge in [0.1, 0.15) is 5.75 Å². The van der Waals surface area contributed by atoms with Crippen molar-refractivity contribution in [3.05, 3.63) is 58.1 Å². The molecule has 1 heterocycles. The molecule has 26 heavy (non-hydrogen) atoms. The number of carbonyl (C=O) groups excluding carboxylic acids is 2. The number of anilines is 1. The van der Waals surface area contributed by atoms with Crippen LogP contribution in [0.5, 0.6) is 5.75 Å². The molecule has 1 aromatic heterocycles. The Balaban J connectivity index is 2.02. The van der Waals surface area contributed by atoms with Crippen molar-refractivity contribution in [3.8, 4) is 5.75 Å². The van der Waals surface area contributed by atoms with Gasteiger partial charge in [0.25, 0.3) is 5.91 Å². The van der Waals surface area contributed by atoms with Gasteiger partial charge in [-0.3, -0.25) is 14.2 Å². The van der Waals surface area contributed by atoms with Crippen LogP contribution in [0.3, 0.4) is 0 Å². The molecule has 0 saturated carbocycles. The second-order valence-corrected chi connectivity index (χ2v) is 7.13. The number of fused-ring (bicyclic) bond motifs is 1. The molecule has 5 nitrogen and oxygen atoms in total. The maximum absolute atomic E-state index is 12.7. The summed E-state index contributed by atoms with van der Waals surface area (Å²) < 4.78 is 8.47. The second kappa shape index (κ2) is 7.63. The molecule has 3 aromatic rings. The quantitative estimate of drug-likeness (QED) is 0.304. The van der Waals surface area contributed by atoms with Gasteiger partial charge in [-0.25, -0.2) is 0 Å². The molecule has 0 saturated heterocycles. The van der Waals surface area contributed by atoms with Gasteiger partial charge in [0.2, 0.25) is 0 Å². The van der Waals surface area contributed by atoms with Crippen molar-refractivity contribution in [1.82, 2.24) is 4.57 Å². The van der Waals surface area contributed by atoms with Crippen LogP contribution < -0.4 is 10.1 Å². The van der Waals surface area contributed by atoms with E-state index in [1.807, 2.05) is 24.3 Å². The van der Waals surface area contributed by atoms with E-state index >= 15 is 0 Å². The Kier molecular flexibility index (Phi) is 5.29. The zero-order chi connectivity index (χ0) is 18.7. The summed E-state index contributed by atoms with van der Waals surface area (Å²) in [5.41, 5.74) is 1.35. The molecule has 1 amide bonds. The molecule has 0 atom stereocenters. The highest BCUT2D eigenvalue weighted by Gasteiger charge is 2.17. The lowest BCUT2D eigenvalue weighted by atomic mass is 10.1. The summed E-state index contributed by atoms with van der Waals surface area (Å²) in [7, 11) is 1.52. The van der Waals surface area contributed by atoms with E-state index < -0.39 is 5.91 Å². The van der Waals surface area contributed by atoms with E-state index in [0.717, 1.165) is 10.2 Å².